The molecular weight excluding hydrogens is 246 g/mol. The quantitative estimate of drug-likeness (QED) is 0.650. The van der Waals surface area contributed by atoms with E-state index in [9.17, 15) is 0 Å². The number of terminal acetylenes is 1. The third-order valence-corrected chi connectivity index (χ3v) is 3.08. The van der Waals surface area contributed by atoms with Crippen molar-refractivity contribution in [1.29, 1.82) is 0 Å². The lowest BCUT2D eigenvalue weighted by atomic mass is 10.1. The molecule has 1 atom stereocenters. The maximum Gasteiger partial charge on any atom is 0.137 e. The first-order chi connectivity index (χ1) is 8.49. The van der Waals surface area contributed by atoms with E-state index in [4.69, 9.17) is 18.0 Å². The summed E-state index contributed by atoms with van der Waals surface area (Å²) in [6.45, 7) is 8.07. The Balaban J connectivity index is 3.04. The molecule has 1 aromatic heterocycles. The Bertz CT molecular complexity index is 449. The van der Waals surface area contributed by atoms with Crippen LogP contribution in [0.4, 0.5) is 5.82 Å². The SMILES string of the molecule is C#CC(CCC)Nc1nc(C(C)C)nc(Cl)c1C. The molecule has 1 unspecified atom stereocenters. The molecule has 0 saturated carbocycles. The number of halogens is 1. The van der Waals surface area contributed by atoms with Crippen LogP contribution in [0, 0.1) is 19.3 Å². The summed E-state index contributed by atoms with van der Waals surface area (Å²) in [5, 5.41) is 3.75. The van der Waals surface area contributed by atoms with Crippen LogP contribution in [0.15, 0.2) is 0 Å². The zero-order chi connectivity index (χ0) is 13.7. The number of anilines is 1. The van der Waals surface area contributed by atoms with Gasteiger partial charge in [0.1, 0.15) is 16.8 Å². The van der Waals surface area contributed by atoms with Crippen molar-refractivity contribution in [3.63, 3.8) is 0 Å². The maximum absolute atomic E-state index is 6.12. The first-order valence-corrected chi connectivity index (χ1v) is 6.64. The smallest absolute Gasteiger partial charge is 0.137 e. The monoisotopic (exact) mass is 265 g/mol. The normalized spacial score (nSPS) is 12.3. The second kappa shape index (κ2) is 6.61. The van der Waals surface area contributed by atoms with E-state index < -0.39 is 0 Å². The molecule has 3 nitrogen and oxygen atoms in total. The minimum Gasteiger partial charge on any atom is -0.356 e. The first-order valence-electron chi connectivity index (χ1n) is 6.26. The van der Waals surface area contributed by atoms with Gasteiger partial charge in [0.2, 0.25) is 0 Å². The van der Waals surface area contributed by atoms with Crippen LogP contribution in [-0.2, 0) is 0 Å². The Labute approximate surface area is 114 Å². The number of rotatable bonds is 5. The minimum absolute atomic E-state index is 0.0142. The summed E-state index contributed by atoms with van der Waals surface area (Å²) in [7, 11) is 0. The van der Waals surface area contributed by atoms with Crippen molar-refractivity contribution >= 4 is 17.4 Å². The number of hydrogen-bond acceptors (Lipinski definition) is 3. The second-order valence-corrected chi connectivity index (χ2v) is 5.01. The van der Waals surface area contributed by atoms with Gasteiger partial charge in [0.05, 0.1) is 6.04 Å². The summed E-state index contributed by atoms with van der Waals surface area (Å²) in [5.41, 5.74) is 0.845. The third kappa shape index (κ3) is 3.61. The molecule has 1 N–H and O–H groups in total. The van der Waals surface area contributed by atoms with Crippen molar-refractivity contribution in [3.8, 4) is 12.3 Å². The lowest BCUT2D eigenvalue weighted by Crippen LogP contribution is -2.19. The molecule has 0 amide bonds. The van der Waals surface area contributed by atoms with Crippen LogP contribution in [0.5, 0.6) is 0 Å². The van der Waals surface area contributed by atoms with Crippen LogP contribution >= 0.6 is 11.6 Å². The molecule has 0 bridgehead atoms. The molecule has 0 aliphatic carbocycles. The molecule has 0 aliphatic heterocycles. The van der Waals surface area contributed by atoms with Gasteiger partial charge in [-0.1, -0.05) is 44.7 Å². The van der Waals surface area contributed by atoms with Crippen LogP contribution in [-0.4, -0.2) is 16.0 Å². The minimum atomic E-state index is -0.0142. The van der Waals surface area contributed by atoms with Gasteiger partial charge in [-0.25, -0.2) is 9.97 Å². The average Bonchev–Trinajstić information content (AvgIpc) is 2.33. The molecule has 0 radical (unpaired) electrons. The first kappa shape index (κ1) is 14.8. The highest BCUT2D eigenvalue weighted by Crippen LogP contribution is 2.23. The molecule has 1 heterocycles. The number of hydrogen-bond donors (Lipinski definition) is 1. The van der Waals surface area contributed by atoms with Gasteiger partial charge in [0.25, 0.3) is 0 Å². The van der Waals surface area contributed by atoms with Crippen LogP contribution in [0.2, 0.25) is 5.15 Å². The molecule has 0 fully saturated rings. The Hall–Kier alpha value is -1.27. The summed E-state index contributed by atoms with van der Waals surface area (Å²) < 4.78 is 0. The largest absolute Gasteiger partial charge is 0.356 e. The van der Waals surface area contributed by atoms with Crippen molar-refractivity contribution < 1.29 is 0 Å². The predicted molar refractivity (Wildman–Crippen MR) is 77.0 cm³/mol. The lowest BCUT2D eigenvalue weighted by molar-refractivity contribution is 0.738. The fraction of sp³-hybridized carbons (Fsp3) is 0.571. The zero-order valence-corrected chi connectivity index (χ0v) is 12.2. The Kier molecular flexibility index (Phi) is 5.43. The molecule has 4 heteroatoms. The Morgan fingerprint density at radius 1 is 1.39 bits per heavy atom. The summed E-state index contributed by atoms with van der Waals surface area (Å²) in [4.78, 5) is 8.78. The summed E-state index contributed by atoms with van der Waals surface area (Å²) >= 11 is 6.12. The number of nitrogens with one attached hydrogen (secondary N) is 1. The average molecular weight is 266 g/mol. The number of aromatic nitrogens is 2. The second-order valence-electron chi connectivity index (χ2n) is 4.65. The van der Waals surface area contributed by atoms with Crippen LogP contribution in [0.3, 0.4) is 0 Å². The summed E-state index contributed by atoms with van der Waals surface area (Å²) in [6, 6.07) is -0.0142. The van der Waals surface area contributed by atoms with Gasteiger partial charge < -0.3 is 5.32 Å². The molecular formula is C14H20ClN3. The van der Waals surface area contributed by atoms with Crippen molar-refractivity contribution in [2.45, 2.75) is 52.5 Å². The van der Waals surface area contributed by atoms with Crippen LogP contribution < -0.4 is 5.32 Å². The fourth-order valence-corrected chi connectivity index (χ4v) is 1.73. The molecule has 1 rings (SSSR count). The van der Waals surface area contributed by atoms with Gasteiger partial charge in [-0.15, -0.1) is 6.42 Å². The Morgan fingerprint density at radius 3 is 2.56 bits per heavy atom. The van der Waals surface area contributed by atoms with Crippen molar-refractivity contribution in [2.24, 2.45) is 0 Å². The van der Waals surface area contributed by atoms with Crippen LogP contribution in [0.1, 0.15) is 50.9 Å². The van der Waals surface area contributed by atoms with Crippen molar-refractivity contribution in [2.75, 3.05) is 5.32 Å². The molecule has 1 aromatic rings. The summed E-state index contributed by atoms with van der Waals surface area (Å²) in [6.07, 6.45) is 7.44. The van der Waals surface area contributed by atoms with Gasteiger partial charge in [0, 0.05) is 11.5 Å². The van der Waals surface area contributed by atoms with Gasteiger partial charge in [-0.3, -0.25) is 0 Å². The highest BCUT2D eigenvalue weighted by molar-refractivity contribution is 6.30. The van der Waals surface area contributed by atoms with E-state index in [1.807, 2.05) is 20.8 Å². The van der Waals surface area contributed by atoms with E-state index in [-0.39, 0.29) is 12.0 Å². The van der Waals surface area contributed by atoms with E-state index in [0.29, 0.717) is 5.15 Å². The van der Waals surface area contributed by atoms with Gasteiger partial charge >= 0.3 is 0 Å². The fourth-order valence-electron chi connectivity index (χ4n) is 1.56. The number of nitrogens with zero attached hydrogens (tertiary/aromatic N) is 2. The van der Waals surface area contributed by atoms with E-state index in [2.05, 4.69) is 28.1 Å². The molecule has 98 valence electrons. The van der Waals surface area contributed by atoms with Gasteiger partial charge in [-0.05, 0) is 13.3 Å². The molecule has 0 aromatic carbocycles. The topological polar surface area (TPSA) is 37.8 Å². The third-order valence-electron chi connectivity index (χ3n) is 2.71. The van der Waals surface area contributed by atoms with Crippen LogP contribution in [0.25, 0.3) is 0 Å². The Morgan fingerprint density at radius 2 is 2.06 bits per heavy atom. The molecule has 0 spiro atoms. The van der Waals surface area contributed by atoms with E-state index >= 15 is 0 Å². The maximum atomic E-state index is 6.12. The molecule has 0 saturated heterocycles. The predicted octanol–water partition coefficient (Wildman–Crippen LogP) is 3.78. The van der Waals surface area contributed by atoms with Gasteiger partial charge in [-0.2, -0.15) is 0 Å². The standard InChI is InChI=1S/C14H20ClN3/c1-6-8-11(7-2)16-14-10(5)12(15)17-13(18-14)9(3)4/h2,9,11H,6,8H2,1,3-5H3,(H,16,17,18). The van der Waals surface area contributed by atoms with Crippen molar-refractivity contribution in [1.82, 2.24) is 9.97 Å². The highest BCUT2D eigenvalue weighted by atomic mass is 35.5. The molecule has 18 heavy (non-hydrogen) atoms. The molecule has 0 aliphatic rings. The zero-order valence-electron chi connectivity index (χ0n) is 11.4. The lowest BCUT2D eigenvalue weighted by Gasteiger charge is -2.16. The van der Waals surface area contributed by atoms with E-state index in [1.54, 1.807) is 0 Å². The summed E-state index contributed by atoms with van der Waals surface area (Å²) in [5.74, 6) is 4.45. The van der Waals surface area contributed by atoms with E-state index in [0.717, 1.165) is 30.0 Å². The van der Waals surface area contributed by atoms with Gasteiger partial charge in [0.15, 0.2) is 0 Å². The van der Waals surface area contributed by atoms with E-state index in [1.165, 1.54) is 0 Å². The highest BCUT2D eigenvalue weighted by Gasteiger charge is 2.14. The van der Waals surface area contributed by atoms with Crippen molar-refractivity contribution in [3.05, 3.63) is 16.5 Å².